The van der Waals surface area contributed by atoms with E-state index in [2.05, 4.69) is 17.4 Å². The molecule has 0 spiro atoms. The summed E-state index contributed by atoms with van der Waals surface area (Å²) < 4.78 is 10.7. The summed E-state index contributed by atoms with van der Waals surface area (Å²) in [5, 5.41) is 7.65. The first-order valence-electron chi connectivity index (χ1n) is 8.34. The number of aryl methyl sites for hydroxylation is 2. The molecular weight excluding hydrogens is 294 g/mol. The third-order valence-corrected chi connectivity index (χ3v) is 4.15. The number of ether oxygens (including phenoxy) is 1. The van der Waals surface area contributed by atoms with E-state index < -0.39 is 5.60 Å². The van der Waals surface area contributed by atoms with Crippen LogP contribution >= 0.6 is 0 Å². The Hall–Kier alpha value is -1.56. The first kappa shape index (κ1) is 17.8. The smallest absolute Gasteiger partial charge is 0.410 e. The highest BCUT2D eigenvalue weighted by molar-refractivity contribution is 5.68. The lowest BCUT2D eigenvalue weighted by atomic mass is 10.0. The predicted molar refractivity (Wildman–Crippen MR) is 88.4 cm³/mol. The lowest BCUT2D eigenvalue weighted by Crippen LogP contribution is -2.47. The molecule has 2 heterocycles. The molecule has 1 aliphatic rings. The van der Waals surface area contributed by atoms with Gasteiger partial charge in [-0.3, -0.25) is 0 Å². The minimum Gasteiger partial charge on any atom is -0.444 e. The van der Waals surface area contributed by atoms with Gasteiger partial charge in [-0.15, -0.1) is 0 Å². The largest absolute Gasteiger partial charge is 0.444 e. The van der Waals surface area contributed by atoms with Crippen molar-refractivity contribution in [2.24, 2.45) is 0 Å². The number of aromatic nitrogens is 1. The molecule has 1 amide bonds. The summed E-state index contributed by atoms with van der Waals surface area (Å²) in [6.45, 7) is 13.2. The van der Waals surface area contributed by atoms with Gasteiger partial charge in [0, 0.05) is 30.7 Å². The van der Waals surface area contributed by atoms with E-state index in [1.807, 2.05) is 34.6 Å². The molecule has 6 heteroatoms. The maximum atomic E-state index is 12.1. The highest BCUT2D eigenvalue weighted by Gasteiger charge is 2.28. The highest BCUT2D eigenvalue weighted by atomic mass is 16.6. The number of carbonyl (C=O) groups is 1. The van der Waals surface area contributed by atoms with Crippen LogP contribution in [0.1, 0.15) is 63.6 Å². The average molecular weight is 323 g/mol. The summed E-state index contributed by atoms with van der Waals surface area (Å²) in [5.41, 5.74) is 1.64. The number of likely N-dealkylation sites (tertiary alicyclic amines) is 1. The average Bonchev–Trinajstić information content (AvgIpc) is 2.77. The monoisotopic (exact) mass is 323 g/mol. The highest BCUT2D eigenvalue weighted by Crippen LogP contribution is 2.23. The van der Waals surface area contributed by atoms with Gasteiger partial charge in [0.25, 0.3) is 0 Å². The molecule has 0 bridgehead atoms. The van der Waals surface area contributed by atoms with E-state index in [4.69, 9.17) is 9.26 Å². The van der Waals surface area contributed by atoms with Crippen molar-refractivity contribution in [1.29, 1.82) is 0 Å². The van der Waals surface area contributed by atoms with Gasteiger partial charge < -0.3 is 19.5 Å². The molecule has 1 saturated heterocycles. The van der Waals surface area contributed by atoms with Gasteiger partial charge in [-0.05, 0) is 54.4 Å². The molecule has 0 aromatic carbocycles. The molecule has 6 nitrogen and oxygen atoms in total. The Morgan fingerprint density at radius 3 is 2.43 bits per heavy atom. The maximum absolute atomic E-state index is 12.1. The first-order valence-corrected chi connectivity index (χ1v) is 8.34. The molecule has 2 rings (SSSR count). The number of carbonyl (C=O) groups excluding carboxylic acids is 1. The summed E-state index contributed by atoms with van der Waals surface area (Å²) in [7, 11) is 0. The molecule has 1 unspecified atom stereocenters. The van der Waals surface area contributed by atoms with Gasteiger partial charge in [-0.1, -0.05) is 5.16 Å². The third kappa shape index (κ3) is 4.70. The minimum absolute atomic E-state index is 0.194. The Bertz CT molecular complexity index is 520. The van der Waals surface area contributed by atoms with Crippen LogP contribution in [0.25, 0.3) is 0 Å². The third-order valence-electron chi connectivity index (χ3n) is 4.15. The van der Waals surface area contributed by atoms with Crippen LogP contribution in [-0.4, -0.2) is 40.9 Å². The number of nitrogens with one attached hydrogen (secondary N) is 1. The Morgan fingerprint density at radius 1 is 1.35 bits per heavy atom. The Balaban J connectivity index is 1.84. The van der Waals surface area contributed by atoms with E-state index in [0.29, 0.717) is 6.04 Å². The van der Waals surface area contributed by atoms with Crippen molar-refractivity contribution in [2.45, 2.75) is 72.1 Å². The predicted octanol–water partition coefficient (Wildman–Crippen LogP) is 3.34. The second-order valence-corrected chi connectivity index (χ2v) is 7.37. The molecule has 1 aromatic heterocycles. The Kier molecular flexibility index (Phi) is 5.34. The van der Waals surface area contributed by atoms with E-state index in [9.17, 15) is 4.79 Å². The summed E-state index contributed by atoms with van der Waals surface area (Å²) in [4.78, 5) is 13.9. The molecule has 23 heavy (non-hydrogen) atoms. The second kappa shape index (κ2) is 6.91. The van der Waals surface area contributed by atoms with Gasteiger partial charge in [-0.25, -0.2) is 4.79 Å². The molecule has 0 radical (unpaired) electrons. The number of amides is 1. The Labute approximate surface area is 138 Å². The molecule has 0 aliphatic carbocycles. The molecular formula is C17H29N3O3. The minimum atomic E-state index is -0.440. The van der Waals surface area contributed by atoms with Crippen molar-refractivity contribution < 1.29 is 14.1 Å². The molecule has 1 N–H and O–H groups in total. The zero-order valence-electron chi connectivity index (χ0n) is 15.1. The van der Waals surface area contributed by atoms with Gasteiger partial charge in [0.2, 0.25) is 0 Å². The van der Waals surface area contributed by atoms with Crippen LogP contribution in [-0.2, 0) is 4.74 Å². The molecule has 1 aliphatic heterocycles. The topological polar surface area (TPSA) is 67.6 Å². The van der Waals surface area contributed by atoms with Crippen molar-refractivity contribution in [3.63, 3.8) is 0 Å². The molecule has 1 fully saturated rings. The lowest BCUT2D eigenvalue weighted by Gasteiger charge is -2.35. The number of hydrogen-bond acceptors (Lipinski definition) is 5. The van der Waals surface area contributed by atoms with E-state index in [1.165, 1.54) is 0 Å². The number of nitrogens with zero attached hydrogens (tertiary/aromatic N) is 2. The van der Waals surface area contributed by atoms with Crippen LogP contribution in [0.5, 0.6) is 0 Å². The van der Waals surface area contributed by atoms with Gasteiger partial charge in [-0.2, -0.15) is 0 Å². The van der Waals surface area contributed by atoms with E-state index >= 15 is 0 Å². The van der Waals surface area contributed by atoms with Gasteiger partial charge in [0.1, 0.15) is 11.4 Å². The lowest BCUT2D eigenvalue weighted by molar-refractivity contribution is 0.0196. The normalized spacial score (nSPS) is 18.1. The zero-order valence-corrected chi connectivity index (χ0v) is 15.1. The standard InChI is InChI=1S/C17H29N3O3/c1-11(15-12(2)19-23-13(15)3)18-14-7-9-20(10-8-14)16(21)22-17(4,5)6/h11,14,18H,7-10H2,1-6H3. The molecule has 0 saturated carbocycles. The molecule has 1 aromatic rings. The van der Waals surface area contributed by atoms with Crippen molar-refractivity contribution in [2.75, 3.05) is 13.1 Å². The summed E-state index contributed by atoms with van der Waals surface area (Å²) in [6, 6.07) is 0.580. The number of rotatable bonds is 3. The fraction of sp³-hybridized carbons (Fsp3) is 0.765. The van der Waals surface area contributed by atoms with E-state index in [1.54, 1.807) is 4.90 Å². The van der Waals surface area contributed by atoms with Crippen molar-refractivity contribution >= 4 is 6.09 Å². The van der Waals surface area contributed by atoms with Gasteiger partial charge >= 0.3 is 6.09 Å². The fourth-order valence-electron chi connectivity index (χ4n) is 3.10. The van der Waals surface area contributed by atoms with Crippen molar-refractivity contribution in [1.82, 2.24) is 15.4 Å². The maximum Gasteiger partial charge on any atom is 0.410 e. The summed E-state index contributed by atoms with van der Waals surface area (Å²) in [6.07, 6.45) is 1.63. The van der Waals surface area contributed by atoms with Gasteiger partial charge in [0.15, 0.2) is 0 Å². The quantitative estimate of drug-likeness (QED) is 0.924. The first-order chi connectivity index (χ1) is 10.7. The Morgan fingerprint density at radius 2 is 1.96 bits per heavy atom. The van der Waals surface area contributed by atoms with Crippen LogP contribution in [0.4, 0.5) is 4.79 Å². The summed E-state index contributed by atoms with van der Waals surface area (Å²) >= 11 is 0. The van der Waals surface area contributed by atoms with E-state index in [-0.39, 0.29) is 12.1 Å². The van der Waals surface area contributed by atoms with Crippen LogP contribution in [0.2, 0.25) is 0 Å². The zero-order chi connectivity index (χ0) is 17.2. The van der Waals surface area contributed by atoms with Crippen molar-refractivity contribution in [3.05, 3.63) is 17.0 Å². The van der Waals surface area contributed by atoms with Crippen LogP contribution in [0, 0.1) is 13.8 Å². The number of piperidine rings is 1. The van der Waals surface area contributed by atoms with Crippen molar-refractivity contribution in [3.8, 4) is 0 Å². The SMILES string of the molecule is Cc1noc(C)c1C(C)NC1CCN(C(=O)OC(C)(C)C)CC1. The second-order valence-electron chi connectivity index (χ2n) is 7.37. The van der Waals surface area contributed by atoms with Crippen LogP contribution < -0.4 is 5.32 Å². The molecule has 1 atom stereocenters. The number of hydrogen-bond donors (Lipinski definition) is 1. The summed E-state index contributed by atoms with van der Waals surface area (Å²) in [5.74, 6) is 0.869. The van der Waals surface area contributed by atoms with Crippen LogP contribution in [0.15, 0.2) is 4.52 Å². The fourth-order valence-corrected chi connectivity index (χ4v) is 3.10. The van der Waals surface area contributed by atoms with Gasteiger partial charge in [0.05, 0.1) is 5.69 Å². The van der Waals surface area contributed by atoms with E-state index in [0.717, 1.165) is 42.9 Å². The van der Waals surface area contributed by atoms with Crippen LogP contribution in [0.3, 0.4) is 0 Å². The molecule has 130 valence electrons.